The standard InChI is InChI=1S/C33H37ClF6N8O3/c1-46(2)30(49)27(42)25(34)22-14-47(9-4-8-43-22)29-18-15-50-23(24-19(33(38,39)40)5-6-20(41)26(24)35)11-21(18)44-31(45-29)51-16-32-7-3-10-48(32)13-17(12-32)28(36)37/h5-6,23H,3-4,7-16,41-42H2,1-2H3/b27-25+/t23?,32-/m0/s1. The lowest BCUT2D eigenvalue weighted by molar-refractivity contribution is -0.140. The molecule has 276 valence electrons. The summed E-state index contributed by atoms with van der Waals surface area (Å²) in [6.45, 7) is 1.19. The monoisotopic (exact) mass is 742 g/mol. The molecule has 0 bridgehead atoms. The van der Waals surface area contributed by atoms with Gasteiger partial charge in [-0.1, -0.05) is 11.6 Å². The first kappa shape index (κ1) is 36.7. The van der Waals surface area contributed by atoms with E-state index in [1.807, 2.05) is 4.90 Å². The Morgan fingerprint density at radius 2 is 1.94 bits per heavy atom. The predicted molar refractivity (Wildman–Crippen MR) is 177 cm³/mol. The van der Waals surface area contributed by atoms with Crippen molar-refractivity contribution in [1.82, 2.24) is 19.8 Å². The number of benzene rings is 1. The van der Waals surface area contributed by atoms with Gasteiger partial charge in [0.05, 0.1) is 52.5 Å². The summed E-state index contributed by atoms with van der Waals surface area (Å²) in [7, 11) is 3.05. The number of nitrogen functional groups attached to an aromatic ring is 1. The molecule has 18 heteroatoms. The number of halogens is 7. The first-order valence-corrected chi connectivity index (χ1v) is 16.7. The molecule has 51 heavy (non-hydrogen) atoms. The Bertz CT molecular complexity index is 1820. The second-order valence-corrected chi connectivity index (χ2v) is 13.7. The molecule has 4 aliphatic rings. The molecule has 0 spiro atoms. The number of alkyl halides is 3. The maximum absolute atomic E-state index is 15.3. The summed E-state index contributed by atoms with van der Waals surface area (Å²) in [5, 5.41) is -0.0428. The van der Waals surface area contributed by atoms with Gasteiger partial charge in [-0.25, -0.2) is 4.39 Å². The lowest BCUT2D eigenvalue weighted by Crippen LogP contribution is -2.43. The topological polar surface area (TPSA) is 135 Å². The molecule has 2 saturated heterocycles. The van der Waals surface area contributed by atoms with Crippen molar-refractivity contribution < 1.29 is 40.6 Å². The van der Waals surface area contributed by atoms with Crippen molar-refractivity contribution in [3.8, 4) is 6.01 Å². The smallest absolute Gasteiger partial charge is 0.416 e. The Balaban J connectivity index is 1.39. The summed E-state index contributed by atoms with van der Waals surface area (Å²) < 4.78 is 96.9. The number of hydrogen-bond acceptors (Lipinski definition) is 10. The third kappa shape index (κ3) is 7.20. The summed E-state index contributed by atoms with van der Waals surface area (Å²) >= 11 is 6.59. The SMILES string of the molecule is CN(C)C(=O)/C(N)=C(\Cl)C1=NCCCN(c2nc(OC[C@@]34CCCN3CC(=C(F)F)C4)nc3c2COC(c2c(C(F)(F)F)ccc(N)c2F)C3)C1. The Hall–Kier alpha value is -4.09. The number of carbonyl (C=O) groups is 1. The number of nitrogens with two attached hydrogens (primary N) is 2. The summed E-state index contributed by atoms with van der Waals surface area (Å²) in [6, 6.07) is 1.43. The van der Waals surface area contributed by atoms with Crippen LogP contribution in [0.15, 0.2) is 39.5 Å². The van der Waals surface area contributed by atoms with E-state index in [1.54, 1.807) is 4.90 Å². The Labute approximate surface area is 294 Å². The molecule has 2 fully saturated rings. The van der Waals surface area contributed by atoms with E-state index >= 15 is 4.39 Å². The zero-order valence-corrected chi connectivity index (χ0v) is 28.7. The zero-order valence-electron chi connectivity index (χ0n) is 27.9. The summed E-state index contributed by atoms with van der Waals surface area (Å²) in [5.41, 5.74) is 9.46. The summed E-state index contributed by atoms with van der Waals surface area (Å²) in [6.07, 6.45) is -6.28. The van der Waals surface area contributed by atoms with E-state index in [9.17, 15) is 26.7 Å². The van der Waals surface area contributed by atoms with Crippen molar-refractivity contribution in [2.24, 2.45) is 10.7 Å². The fourth-order valence-corrected chi connectivity index (χ4v) is 7.37. The fraction of sp³-hybridized carbons (Fsp3) is 0.515. The van der Waals surface area contributed by atoms with Crippen molar-refractivity contribution in [2.75, 3.05) is 64.1 Å². The van der Waals surface area contributed by atoms with Gasteiger partial charge in [0.1, 0.15) is 18.1 Å². The molecule has 4 aliphatic heterocycles. The minimum absolute atomic E-state index is 0.0194. The highest BCUT2D eigenvalue weighted by Crippen LogP contribution is 2.45. The quantitative estimate of drug-likeness (QED) is 0.230. The van der Waals surface area contributed by atoms with E-state index in [0.29, 0.717) is 55.6 Å². The second kappa shape index (κ2) is 14.1. The molecule has 2 aromatic rings. The number of aliphatic imine (C=N–C) groups is 1. The third-order valence-corrected chi connectivity index (χ3v) is 10.2. The number of nitrogens with zero attached hydrogens (tertiary/aromatic N) is 6. The number of hydrogen-bond donors (Lipinski definition) is 2. The number of anilines is 2. The highest BCUT2D eigenvalue weighted by Gasteiger charge is 2.48. The van der Waals surface area contributed by atoms with Crippen molar-refractivity contribution in [3.05, 3.63) is 62.7 Å². The normalized spacial score (nSPS) is 22.9. The number of fused-ring (bicyclic) bond motifs is 2. The average molecular weight is 743 g/mol. The highest BCUT2D eigenvalue weighted by atomic mass is 35.5. The van der Waals surface area contributed by atoms with Crippen LogP contribution in [0, 0.1) is 5.82 Å². The van der Waals surface area contributed by atoms with Gasteiger partial charge in [-0.05, 0) is 44.4 Å². The molecule has 1 aromatic carbocycles. The molecule has 6 rings (SSSR count). The zero-order chi connectivity index (χ0) is 36.8. The van der Waals surface area contributed by atoms with Gasteiger partial charge in [-0.3, -0.25) is 14.7 Å². The Morgan fingerprint density at radius 3 is 2.65 bits per heavy atom. The largest absolute Gasteiger partial charge is 0.461 e. The Kier molecular flexibility index (Phi) is 10.2. The molecule has 1 amide bonds. The van der Waals surface area contributed by atoms with Gasteiger partial charge in [-0.15, -0.1) is 0 Å². The number of likely N-dealkylation sites (N-methyl/N-ethyl adjacent to an activating group) is 1. The van der Waals surface area contributed by atoms with Crippen LogP contribution in [0.2, 0.25) is 0 Å². The first-order valence-electron chi connectivity index (χ1n) is 16.3. The van der Waals surface area contributed by atoms with E-state index in [1.165, 1.54) is 19.0 Å². The minimum Gasteiger partial charge on any atom is -0.461 e. The number of amides is 1. The van der Waals surface area contributed by atoms with Crippen LogP contribution in [0.3, 0.4) is 0 Å². The van der Waals surface area contributed by atoms with E-state index in [4.69, 9.17) is 37.5 Å². The van der Waals surface area contributed by atoms with Crippen LogP contribution in [0.1, 0.15) is 54.2 Å². The number of ether oxygens (including phenoxy) is 2. The molecule has 0 radical (unpaired) electrons. The van der Waals surface area contributed by atoms with Crippen LogP contribution in [0.4, 0.5) is 37.8 Å². The molecule has 0 saturated carbocycles. The molecule has 5 heterocycles. The van der Waals surface area contributed by atoms with E-state index < -0.39 is 52.4 Å². The maximum atomic E-state index is 15.3. The van der Waals surface area contributed by atoms with Crippen LogP contribution < -0.4 is 21.1 Å². The van der Waals surface area contributed by atoms with Crippen molar-refractivity contribution in [1.29, 1.82) is 0 Å². The molecular formula is C33H37ClF6N8O3. The van der Waals surface area contributed by atoms with Crippen LogP contribution in [-0.4, -0.2) is 90.4 Å². The number of rotatable bonds is 7. The summed E-state index contributed by atoms with van der Waals surface area (Å²) in [4.78, 5) is 31.4. The van der Waals surface area contributed by atoms with Gasteiger partial charge in [0.2, 0.25) is 0 Å². The van der Waals surface area contributed by atoms with Gasteiger partial charge >= 0.3 is 12.2 Å². The van der Waals surface area contributed by atoms with Crippen molar-refractivity contribution >= 4 is 34.7 Å². The van der Waals surface area contributed by atoms with Crippen molar-refractivity contribution in [2.45, 2.75) is 56.5 Å². The predicted octanol–water partition coefficient (Wildman–Crippen LogP) is 4.95. The number of carbonyl (C=O) groups excluding carboxylic acids is 1. The second-order valence-electron chi connectivity index (χ2n) is 13.3. The molecule has 4 N–H and O–H groups in total. The third-order valence-electron chi connectivity index (χ3n) is 9.75. The molecule has 0 aliphatic carbocycles. The van der Waals surface area contributed by atoms with Gasteiger partial charge in [0.25, 0.3) is 12.0 Å². The first-order chi connectivity index (χ1) is 24.1. The van der Waals surface area contributed by atoms with Gasteiger partial charge in [0, 0.05) is 56.9 Å². The van der Waals surface area contributed by atoms with E-state index in [0.717, 1.165) is 12.5 Å². The highest BCUT2D eigenvalue weighted by molar-refractivity contribution is 6.45. The fourth-order valence-electron chi connectivity index (χ4n) is 7.17. The molecule has 11 nitrogen and oxygen atoms in total. The minimum atomic E-state index is -4.90. The molecule has 1 aromatic heterocycles. The van der Waals surface area contributed by atoms with Gasteiger partial charge in [0.15, 0.2) is 5.82 Å². The van der Waals surface area contributed by atoms with Crippen molar-refractivity contribution in [3.63, 3.8) is 0 Å². The number of aromatic nitrogens is 2. The summed E-state index contributed by atoms with van der Waals surface area (Å²) in [5.74, 6) is -1.45. The van der Waals surface area contributed by atoms with E-state index in [-0.39, 0.29) is 67.2 Å². The van der Waals surface area contributed by atoms with Crippen LogP contribution in [0.5, 0.6) is 6.01 Å². The average Bonchev–Trinajstić information content (AvgIpc) is 3.54. The molecule has 1 unspecified atom stereocenters. The lowest BCUT2D eigenvalue weighted by atomic mass is 9.93. The lowest BCUT2D eigenvalue weighted by Gasteiger charge is -2.33. The molecule has 2 atom stereocenters. The maximum Gasteiger partial charge on any atom is 0.416 e. The Morgan fingerprint density at radius 1 is 1.18 bits per heavy atom. The van der Waals surface area contributed by atoms with Crippen LogP contribution in [-0.2, 0) is 28.7 Å². The molecular weight excluding hydrogens is 706 g/mol. The van der Waals surface area contributed by atoms with Gasteiger partial charge in [-0.2, -0.15) is 31.9 Å². The van der Waals surface area contributed by atoms with Gasteiger partial charge < -0.3 is 30.7 Å². The van der Waals surface area contributed by atoms with Crippen LogP contribution >= 0.6 is 11.6 Å². The van der Waals surface area contributed by atoms with E-state index in [2.05, 4.69) is 9.98 Å². The van der Waals surface area contributed by atoms with Crippen LogP contribution in [0.25, 0.3) is 0 Å².